The first-order chi connectivity index (χ1) is 9.10. The fourth-order valence-corrected chi connectivity index (χ4v) is 2.24. The Morgan fingerprint density at radius 2 is 2.26 bits per heavy atom. The summed E-state index contributed by atoms with van der Waals surface area (Å²) < 4.78 is 0. The van der Waals surface area contributed by atoms with Crippen LogP contribution in [0.25, 0.3) is 0 Å². The van der Waals surface area contributed by atoms with Gasteiger partial charge in [0.15, 0.2) is 0 Å². The molecule has 1 saturated carbocycles. The topological polar surface area (TPSA) is 58.4 Å². The lowest BCUT2D eigenvalue weighted by Gasteiger charge is -2.24. The van der Waals surface area contributed by atoms with Crippen molar-refractivity contribution in [3.05, 3.63) is 28.8 Å². The number of carbonyl (C=O) groups is 1. The molecule has 0 radical (unpaired) electrons. The summed E-state index contributed by atoms with van der Waals surface area (Å²) in [4.78, 5) is 13.1. The quantitative estimate of drug-likeness (QED) is 0.803. The van der Waals surface area contributed by atoms with Crippen LogP contribution in [0.5, 0.6) is 0 Å². The van der Waals surface area contributed by atoms with Crippen molar-refractivity contribution >= 4 is 23.2 Å². The van der Waals surface area contributed by atoms with E-state index in [1.165, 1.54) is 12.8 Å². The van der Waals surface area contributed by atoms with Crippen LogP contribution in [-0.2, 0) is 11.3 Å². The molecule has 5 heteroatoms. The molecule has 1 aliphatic rings. The number of anilines is 1. The molecule has 0 aliphatic heterocycles. The van der Waals surface area contributed by atoms with Crippen molar-refractivity contribution < 1.29 is 4.79 Å². The maximum absolute atomic E-state index is 11.1. The van der Waals surface area contributed by atoms with Gasteiger partial charge in [-0.2, -0.15) is 0 Å². The van der Waals surface area contributed by atoms with Crippen molar-refractivity contribution in [3.8, 4) is 0 Å². The summed E-state index contributed by atoms with van der Waals surface area (Å²) >= 11 is 6.07. The normalized spacial score (nSPS) is 14.4. The molecule has 3 N–H and O–H groups in total. The first-order valence-corrected chi connectivity index (χ1v) is 7.03. The molecule has 104 valence electrons. The first-order valence-electron chi connectivity index (χ1n) is 6.65. The molecule has 1 aromatic rings. The Kier molecular flexibility index (Phi) is 4.66. The van der Waals surface area contributed by atoms with E-state index < -0.39 is 0 Å². The molecule has 1 aliphatic carbocycles. The summed E-state index contributed by atoms with van der Waals surface area (Å²) in [6, 6.07) is 6.44. The smallest absolute Gasteiger partial charge is 0.236 e. The third-order valence-corrected chi connectivity index (χ3v) is 3.51. The molecule has 1 amide bonds. The van der Waals surface area contributed by atoms with Gasteiger partial charge >= 0.3 is 0 Å². The number of nitrogens with zero attached hydrogens (tertiary/aromatic N) is 1. The molecule has 1 aromatic carbocycles. The number of hydrogen-bond acceptors (Lipinski definition) is 3. The molecule has 0 saturated heterocycles. The highest BCUT2D eigenvalue weighted by molar-refractivity contribution is 6.30. The number of likely N-dealkylation sites (N-methyl/N-ethyl adjacent to an activating group) is 1. The predicted molar refractivity (Wildman–Crippen MR) is 78.4 cm³/mol. The second kappa shape index (κ2) is 6.26. The highest BCUT2D eigenvalue weighted by Crippen LogP contribution is 2.26. The summed E-state index contributed by atoms with van der Waals surface area (Å²) in [5.74, 6) is -0.331. The highest BCUT2D eigenvalue weighted by atomic mass is 35.5. The van der Waals surface area contributed by atoms with Crippen molar-refractivity contribution in [1.82, 2.24) is 5.32 Å². The van der Waals surface area contributed by atoms with E-state index in [1.807, 2.05) is 30.0 Å². The maximum atomic E-state index is 11.1. The van der Waals surface area contributed by atoms with Gasteiger partial charge in [-0.25, -0.2) is 0 Å². The highest BCUT2D eigenvalue weighted by Gasteiger charge is 2.21. The molecule has 0 spiro atoms. The summed E-state index contributed by atoms with van der Waals surface area (Å²) in [5.41, 5.74) is 7.44. The van der Waals surface area contributed by atoms with Crippen LogP contribution in [0.4, 0.5) is 5.69 Å². The van der Waals surface area contributed by atoms with Crippen LogP contribution >= 0.6 is 11.6 Å². The second-order valence-corrected chi connectivity index (χ2v) is 5.35. The van der Waals surface area contributed by atoms with Crippen LogP contribution in [-0.4, -0.2) is 25.0 Å². The standard InChI is InChI=1S/C14H20ClN3O/c1-2-18(9-14(16)19)13-7-11(15)4-3-10(13)8-17-12-5-6-12/h3-4,7,12,17H,2,5-6,8-9H2,1H3,(H2,16,19). The zero-order valence-electron chi connectivity index (χ0n) is 11.2. The number of amides is 1. The molecule has 0 bridgehead atoms. The van der Waals surface area contributed by atoms with Crippen LogP contribution < -0.4 is 16.0 Å². The third kappa shape index (κ3) is 4.11. The number of nitrogens with one attached hydrogen (secondary N) is 1. The van der Waals surface area contributed by atoms with Crippen LogP contribution in [0.15, 0.2) is 18.2 Å². The minimum atomic E-state index is -0.331. The van der Waals surface area contributed by atoms with E-state index in [1.54, 1.807) is 0 Å². The van der Waals surface area contributed by atoms with Crippen molar-refractivity contribution in [1.29, 1.82) is 0 Å². The van der Waals surface area contributed by atoms with E-state index in [0.29, 0.717) is 11.1 Å². The monoisotopic (exact) mass is 281 g/mol. The van der Waals surface area contributed by atoms with Crippen LogP contribution in [0.2, 0.25) is 5.02 Å². The molecule has 0 aromatic heterocycles. The van der Waals surface area contributed by atoms with Gasteiger partial charge in [-0.3, -0.25) is 4.79 Å². The average molecular weight is 282 g/mol. The molecule has 0 atom stereocenters. The van der Waals surface area contributed by atoms with Crippen LogP contribution in [0.1, 0.15) is 25.3 Å². The van der Waals surface area contributed by atoms with Gasteiger partial charge in [0, 0.05) is 29.8 Å². The molecule has 19 heavy (non-hydrogen) atoms. The molecule has 0 heterocycles. The van der Waals surface area contributed by atoms with Gasteiger partial charge in [0.1, 0.15) is 0 Å². The number of benzene rings is 1. The van der Waals surface area contributed by atoms with Gasteiger partial charge < -0.3 is 16.0 Å². The zero-order valence-corrected chi connectivity index (χ0v) is 11.9. The Morgan fingerprint density at radius 3 is 2.84 bits per heavy atom. The third-order valence-electron chi connectivity index (χ3n) is 3.27. The molecule has 2 rings (SSSR count). The summed E-state index contributed by atoms with van der Waals surface area (Å²) in [6.45, 7) is 3.74. The van der Waals surface area contributed by atoms with Gasteiger partial charge in [-0.15, -0.1) is 0 Å². The van der Waals surface area contributed by atoms with E-state index in [9.17, 15) is 4.79 Å². The predicted octanol–water partition coefficient (Wildman–Crippen LogP) is 1.90. The maximum Gasteiger partial charge on any atom is 0.236 e. The van der Waals surface area contributed by atoms with Gasteiger partial charge in [-0.1, -0.05) is 17.7 Å². The fourth-order valence-electron chi connectivity index (χ4n) is 2.08. The molecule has 1 fully saturated rings. The largest absolute Gasteiger partial charge is 0.368 e. The number of halogens is 1. The average Bonchev–Trinajstić information content (AvgIpc) is 3.18. The lowest BCUT2D eigenvalue weighted by Crippen LogP contribution is -2.34. The van der Waals surface area contributed by atoms with E-state index in [-0.39, 0.29) is 12.5 Å². The van der Waals surface area contributed by atoms with E-state index in [0.717, 1.165) is 24.3 Å². The van der Waals surface area contributed by atoms with Crippen LogP contribution in [0.3, 0.4) is 0 Å². The van der Waals surface area contributed by atoms with Crippen molar-refractivity contribution in [2.24, 2.45) is 5.73 Å². The van der Waals surface area contributed by atoms with Crippen molar-refractivity contribution in [2.45, 2.75) is 32.4 Å². The SMILES string of the molecule is CCN(CC(N)=O)c1cc(Cl)ccc1CNC1CC1. The number of rotatable bonds is 7. The van der Waals surface area contributed by atoms with Gasteiger partial charge in [0.2, 0.25) is 5.91 Å². The lowest BCUT2D eigenvalue weighted by molar-refractivity contribution is -0.116. The van der Waals surface area contributed by atoms with E-state index in [2.05, 4.69) is 5.32 Å². The molecule has 4 nitrogen and oxygen atoms in total. The Bertz CT molecular complexity index is 460. The summed E-state index contributed by atoms with van der Waals surface area (Å²) in [5, 5.41) is 4.15. The summed E-state index contributed by atoms with van der Waals surface area (Å²) in [6.07, 6.45) is 2.50. The zero-order chi connectivity index (χ0) is 13.8. The minimum absolute atomic E-state index is 0.216. The van der Waals surface area contributed by atoms with E-state index in [4.69, 9.17) is 17.3 Å². The molecular formula is C14H20ClN3O. The van der Waals surface area contributed by atoms with Gasteiger partial charge in [0.25, 0.3) is 0 Å². The summed E-state index contributed by atoms with van der Waals surface area (Å²) in [7, 11) is 0. The number of primary amides is 1. The molecule has 0 unspecified atom stereocenters. The Morgan fingerprint density at radius 1 is 1.53 bits per heavy atom. The molecular weight excluding hydrogens is 262 g/mol. The van der Waals surface area contributed by atoms with E-state index >= 15 is 0 Å². The Hall–Kier alpha value is -1.26. The first kappa shape index (κ1) is 14.2. The number of carbonyl (C=O) groups excluding carboxylic acids is 1. The van der Waals surface area contributed by atoms with Gasteiger partial charge in [0.05, 0.1) is 6.54 Å². The lowest BCUT2D eigenvalue weighted by atomic mass is 10.1. The van der Waals surface area contributed by atoms with Crippen molar-refractivity contribution in [2.75, 3.05) is 18.0 Å². The fraction of sp³-hybridized carbons (Fsp3) is 0.500. The number of hydrogen-bond donors (Lipinski definition) is 2. The van der Waals surface area contributed by atoms with Crippen LogP contribution in [0, 0.1) is 0 Å². The Balaban J connectivity index is 2.17. The van der Waals surface area contributed by atoms with Gasteiger partial charge in [-0.05, 0) is 37.5 Å². The Labute approximate surface area is 118 Å². The second-order valence-electron chi connectivity index (χ2n) is 4.91. The number of nitrogens with two attached hydrogens (primary N) is 1. The van der Waals surface area contributed by atoms with Crippen molar-refractivity contribution in [3.63, 3.8) is 0 Å². The minimum Gasteiger partial charge on any atom is -0.368 e.